The van der Waals surface area contributed by atoms with Gasteiger partial charge in [0.2, 0.25) is 5.88 Å². The molecule has 0 radical (unpaired) electrons. The minimum atomic E-state index is -0.704. The lowest BCUT2D eigenvalue weighted by molar-refractivity contribution is 0.113. The smallest absolute Gasteiger partial charge is 0.319 e. The number of nitrogens with zero attached hydrogens (tertiary/aromatic N) is 5. The Hall–Kier alpha value is -3.87. The highest BCUT2D eigenvalue weighted by molar-refractivity contribution is 6.03. The zero-order valence-corrected chi connectivity index (χ0v) is 27.0. The Kier molecular flexibility index (Phi) is 7.14. The number of aromatic hydroxyl groups is 1. The number of phenolic OH excluding ortho intramolecular Hbond substituents is 1. The molecule has 0 amide bonds. The molecule has 4 fully saturated rings. The number of phenols is 1. The van der Waals surface area contributed by atoms with Crippen LogP contribution < -0.4 is 19.7 Å². The van der Waals surface area contributed by atoms with Gasteiger partial charge in [-0.15, -0.1) is 0 Å². The van der Waals surface area contributed by atoms with Crippen LogP contribution in [0.5, 0.6) is 17.6 Å². The molecule has 0 spiro atoms. The molecule has 4 aromatic rings. The SMILES string of the molecule is CCc1c(F)ccc2cc(O)cc(-c3nc4c5c(nc(OCC6(CN7CCC[C@@H]7CO)CC6)nc5c3F)N3C[C@H]5CC[C@H](N5)[C@@H]3CO4)c12. The molecule has 12 heteroatoms. The fourth-order valence-corrected chi connectivity index (χ4v) is 8.68. The molecule has 4 aliphatic heterocycles. The number of ether oxygens (including phenoxy) is 2. The Labute approximate surface area is 277 Å². The second kappa shape index (κ2) is 11.3. The molecular weight excluding hydrogens is 618 g/mol. The van der Waals surface area contributed by atoms with E-state index in [0.29, 0.717) is 53.7 Å². The molecule has 252 valence electrons. The van der Waals surface area contributed by atoms with E-state index >= 15 is 8.78 Å². The zero-order chi connectivity index (χ0) is 32.7. The maximum absolute atomic E-state index is 17.1. The Balaban J connectivity index is 1.18. The number of benzene rings is 2. The van der Waals surface area contributed by atoms with Gasteiger partial charge in [0.15, 0.2) is 5.82 Å². The highest BCUT2D eigenvalue weighted by Crippen LogP contribution is 2.48. The molecule has 0 unspecified atom stereocenters. The second-order valence-electron chi connectivity index (χ2n) is 14.4. The number of piperazine rings is 1. The molecule has 2 aromatic heterocycles. The van der Waals surface area contributed by atoms with Crippen LogP contribution in [0.2, 0.25) is 0 Å². The monoisotopic (exact) mass is 658 g/mol. The van der Waals surface area contributed by atoms with E-state index in [0.717, 1.165) is 51.6 Å². The third kappa shape index (κ3) is 4.86. The number of likely N-dealkylation sites (tertiary alicyclic amines) is 1. The van der Waals surface area contributed by atoms with Gasteiger partial charge < -0.3 is 29.9 Å². The maximum Gasteiger partial charge on any atom is 0.319 e. The van der Waals surface area contributed by atoms with Crippen molar-refractivity contribution in [1.82, 2.24) is 25.2 Å². The van der Waals surface area contributed by atoms with Crippen molar-refractivity contribution in [1.29, 1.82) is 0 Å². The number of halogens is 2. The summed E-state index contributed by atoms with van der Waals surface area (Å²) in [5.74, 6) is -0.427. The molecule has 2 bridgehead atoms. The average Bonchev–Trinajstić information content (AvgIpc) is 3.58. The van der Waals surface area contributed by atoms with E-state index in [1.807, 2.05) is 6.92 Å². The highest BCUT2D eigenvalue weighted by atomic mass is 19.1. The van der Waals surface area contributed by atoms with Crippen LogP contribution in [0.1, 0.15) is 51.0 Å². The predicted molar refractivity (Wildman–Crippen MR) is 177 cm³/mol. The molecule has 1 saturated carbocycles. The van der Waals surface area contributed by atoms with Crippen molar-refractivity contribution in [3.8, 4) is 28.9 Å². The van der Waals surface area contributed by atoms with Crippen molar-refractivity contribution in [3.63, 3.8) is 0 Å². The molecule has 2 aromatic carbocycles. The summed E-state index contributed by atoms with van der Waals surface area (Å²) in [5, 5.41) is 25.8. The highest BCUT2D eigenvalue weighted by Gasteiger charge is 2.47. The van der Waals surface area contributed by atoms with Gasteiger partial charge in [0.05, 0.1) is 19.3 Å². The van der Waals surface area contributed by atoms with Gasteiger partial charge in [0, 0.05) is 42.2 Å². The van der Waals surface area contributed by atoms with Crippen molar-refractivity contribution in [2.24, 2.45) is 5.41 Å². The number of fused-ring (bicyclic) bond motifs is 6. The van der Waals surface area contributed by atoms with Crippen LogP contribution in [0.25, 0.3) is 32.9 Å². The molecule has 10 nitrogen and oxygen atoms in total. The standard InChI is InChI=1S/C36H40F2N6O4/c1-2-23-25(37)7-5-19-12-22(46)13-24(28(19)23)31-30(38)32-29-33(44-14-20-6-8-26(39-20)27(44)16-47-34(29)40-31)42-35(41-32)48-18-36(9-10-36)17-43-11-3-4-21(43)15-45/h5,7,12-13,20-21,26-27,39,45-46H,2-4,6,8-11,14-18H2,1H3/t20-,21-,26+,27+/m1/s1. The number of pyridine rings is 1. The number of nitrogens with one attached hydrogen (secondary N) is 1. The van der Waals surface area contributed by atoms with Crippen LogP contribution >= 0.6 is 0 Å². The van der Waals surface area contributed by atoms with Crippen LogP contribution in [-0.2, 0) is 6.42 Å². The molecule has 3 saturated heterocycles. The minimum absolute atomic E-state index is 0.0252. The molecule has 4 atom stereocenters. The summed E-state index contributed by atoms with van der Waals surface area (Å²) in [7, 11) is 0. The van der Waals surface area contributed by atoms with Gasteiger partial charge in [-0.3, -0.25) is 4.90 Å². The van der Waals surface area contributed by atoms with Crippen LogP contribution in [-0.4, -0.2) is 93.7 Å². The van der Waals surface area contributed by atoms with Crippen molar-refractivity contribution in [2.75, 3.05) is 44.4 Å². The molecule has 3 N–H and O–H groups in total. The summed E-state index contributed by atoms with van der Waals surface area (Å²) >= 11 is 0. The Morgan fingerprint density at radius 2 is 1.98 bits per heavy atom. The molecule has 9 rings (SSSR count). The normalized spacial score (nSPS) is 25.7. The van der Waals surface area contributed by atoms with E-state index in [4.69, 9.17) is 24.4 Å². The van der Waals surface area contributed by atoms with Crippen molar-refractivity contribution in [3.05, 3.63) is 41.5 Å². The number of anilines is 1. The summed E-state index contributed by atoms with van der Waals surface area (Å²) in [6.07, 6.45) is 6.51. The number of aliphatic hydroxyl groups excluding tert-OH is 1. The summed E-state index contributed by atoms with van der Waals surface area (Å²) in [6, 6.07) is 6.65. The first kappa shape index (κ1) is 30.2. The van der Waals surface area contributed by atoms with E-state index in [9.17, 15) is 10.2 Å². The molecule has 1 aliphatic carbocycles. The number of aromatic nitrogens is 3. The third-order valence-electron chi connectivity index (χ3n) is 11.4. The predicted octanol–water partition coefficient (Wildman–Crippen LogP) is 4.71. The fourth-order valence-electron chi connectivity index (χ4n) is 8.68. The van der Waals surface area contributed by atoms with Gasteiger partial charge in [0.25, 0.3) is 0 Å². The number of aliphatic hydroxyl groups is 1. The van der Waals surface area contributed by atoms with Gasteiger partial charge in [-0.1, -0.05) is 13.0 Å². The second-order valence-corrected chi connectivity index (χ2v) is 14.4. The summed E-state index contributed by atoms with van der Waals surface area (Å²) in [5.41, 5.74) is 0.581. The maximum atomic E-state index is 17.1. The number of aryl methyl sites for hydroxylation is 1. The fraction of sp³-hybridized carbons (Fsp3) is 0.528. The van der Waals surface area contributed by atoms with Crippen LogP contribution in [0, 0.1) is 17.0 Å². The van der Waals surface area contributed by atoms with Gasteiger partial charge in [0.1, 0.15) is 40.6 Å². The molecular formula is C36H40F2N6O4. The summed E-state index contributed by atoms with van der Waals surface area (Å²) in [4.78, 5) is 19.0. The summed E-state index contributed by atoms with van der Waals surface area (Å²) < 4.78 is 45.0. The quantitative estimate of drug-likeness (QED) is 0.246. The Bertz CT molecular complexity index is 1940. The van der Waals surface area contributed by atoms with Crippen molar-refractivity contribution >= 4 is 27.5 Å². The van der Waals surface area contributed by atoms with Gasteiger partial charge in [-0.2, -0.15) is 9.97 Å². The van der Waals surface area contributed by atoms with Gasteiger partial charge in [-0.05, 0) is 86.0 Å². The van der Waals surface area contributed by atoms with Gasteiger partial charge in [-0.25, -0.2) is 13.8 Å². The lowest BCUT2D eigenvalue weighted by Crippen LogP contribution is -2.60. The topological polar surface area (TPSA) is 116 Å². The average molecular weight is 659 g/mol. The summed E-state index contributed by atoms with van der Waals surface area (Å²) in [6.45, 7) is 5.21. The lowest BCUT2D eigenvalue weighted by Gasteiger charge is -2.40. The van der Waals surface area contributed by atoms with Crippen LogP contribution in [0.3, 0.4) is 0 Å². The molecule has 6 heterocycles. The Morgan fingerprint density at radius 1 is 1.10 bits per heavy atom. The number of rotatable bonds is 8. The first-order valence-corrected chi connectivity index (χ1v) is 17.3. The molecule has 5 aliphatic rings. The van der Waals surface area contributed by atoms with Crippen molar-refractivity contribution < 1.29 is 28.5 Å². The zero-order valence-electron chi connectivity index (χ0n) is 27.0. The molecule has 48 heavy (non-hydrogen) atoms. The van der Waals surface area contributed by atoms with E-state index in [2.05, 4.69) is 15.1 Å². The first-order chi connectivity index (χ1) is 23.3. The first-order valence-electron chi connectivity index (χ1n) is 17.3. The van der Waals surface area contributed by atoms with E-state index in [1.54, 1.807) is 12.1 Å². The van der Waals surface area contributed by atoms with E-state index in [-0.39, 0.29) is 70.6 Å². The Morgan fingerprint density at radius 3 is 2.79 bits per heavy atom. The number of hydrogen-bond donors (Lipinski definition) is 3. The third-order valence-corrected chi connectivity index (χ3v) is 11.4. The van der Waals surface area contributed by atoms with E-state index < -0.39 is 11.6 Å². The largest absolute Gasteiger partial charge is 0.508 e. The van der Waals surface area contributed by atoms with Gasteiger partial charge >= 0.3 is 6.01 Å². The minimum Gasteiger partial charge on any atom is -0.508 e. The van der Waals surface area contributed by atoms with Crippen LogP contribution in [0.15, 0.2) is 24.3 Å². The lowest BCUT2D eigenvalue weighted by atomic mass is 9.94. The van der Waals surface area contributed by atoms with Crippen LogP contribution in [0.4, 0.5) is 14.6 Å². The van der Waals surface area contributed by atoms with E-state index in [1.165, 1.54) is 12.1 Å². The van der Waals surface area contributed by atoms with Crippen molar-refractivity contribution in [2.45, 2.75) is 76.0 Å². The number of hydrogen-bond acceptors (Lipinski definition) is 10.